The zero-order chi connectivity index (χ0) is 13.1. The van der Waals surface area contributed by atoms with Crippen molar-refractivity contribution in [2.24, 2.45) is 5.92 Å². The van der Waals surface area contributed by atoms with Crippen LogP contribution >= 0.6 is 0 Å². The molecule has 6 heteroatoms. The summed E-state index contributed by atoms with van der Waals surface area (Å²) in [6.07, 6.45) is 9.02. The van der Waals surface area contributed by atoms with Crippen LogP contribution in [0.1, 0.15) is 65.2 Å². The van der Waals surface area contributed by atoms with Crippen LogP contribution in [-0.4, -0.2) is 19.6 Å². The van der Waals surface area contributed by atoms with Gasteiger partial charge in [-0.05, 0) is 12.3 Å². The minimum atomic E-state index is -4.50. The Bertz CT molecular complexity index is 267. The molecule has 0 aliphatic carbocycles. The van der Waals surface area contributed by atoms with Crippen molar-refractivity contribution >= 4 is 10.4 Å². The summed E-state index contributed by atoms with van der Waals surface area (Å²) in [5.74, 6) is 0.677. The Kier molecular flexibility index (Phi) is 15.2. The van der Waals surface area contributed by atoms with E-state index in [0.29, 0.717) is 12.3 Å². The number of unbranched alkanes of at least 4 members (excludes halogenated alkanes) is 4. The minimum Gasteiger partial charge on any atom is -0.726 e. The van der Waals surface area contributed by atoms with Gasteiger partial charge in [0.1, 0.15) is 0 Å². The quantitative estimate of drug-likeness (QED) is 0.236. The van der Waals surface area contributed by atoms with Crippen LogP contribution in [0.15, 0.2) is 0 Å². The van der Waals surface area contributed by atoms with Gasteiger partial charge >= 0.3 is 29.6 Å². The van der Waals surface area contributed by atoms with E-state index in [4.69, 9.17) is 0 Å². The predicted octanol–water partition coefficient (Wildman–Crippen LogP) is 0.244. The third-order valence-electron chi connectivity index (χ3n) is 2.87. The number of rotatable bonds is 11. The van der Waals surface area contributed by atoms with Gasteiger partial charge in [-0.15, -0.1) is 0 Å². The van der Waals surface area contributed by atoms with E-state index < -0.39 is 10.4 Å². The maximum absolute atomic E-state index is 10.2. The molecule has 0 fully saturated rings. The van der Waals surface area contributed by atoms with Crippen LogP contribution in [-0.2, 0) is 14.6 Å². The summed E-state index contributed by atoms with van der Waals surface area (Å²) in [4.78, 5) is 0. The van der Waals surface area contributed by atoms with Crippen molar-refractivity contribution in [2.45, 2.75) is 65.2 Å². The van der Waals surface area contributed by atoms with Crippen LogP contribution in [0.3, 0.4) is 0 Å². The van der Waals surface area contributed by atoms with E-state index in [1.54, 1.807) is 0 Å². The van der Waals surface area contributed by atoms with Gasteiger partial charge in [0.2, 0.25) is 10.4 Å². The molecule has 0 N–H and O–H groups in total. The Morgan fingerprint density at radius 1 is 1.06 bits per heavy atom. The van der Waals surface area contributed by atoms with Gasteiger partial charge in [0.05, 0.1) is 6.61 Å². The fourth-order valence-electron chi connectivity index (χ4n) is 1.82. The van der Waals surface area contributed by atoms with Crippen LogP contribution in [0.4, 0.5) is 0 Å². The molecule has 104 valence electrons. The summed E-state index contributed by atoms with van der Waals surface area (Å²) in [6.45, 7) is 4.44. The molecule has 4 nitrogen and oxygen atoms in total. The third kappa shape index (κ3) is 16.9. The van der Waals surface area contributed by atoms with Gasteiger partial charge in [-0.1, -0.05) is 58.8 Å². The molecule has 0 spiro atoms. The summed E-state index contributed by atoms with van der Waals surface area (Å²) in [5.41, 5.74) is 0. The molecular formula is C12H25NaO4S. The first-order valence-electron chi connectivity index (χ1n) is 6.56. The molecule has 0 bridgehead atoms. The average molecular weight is 288 g/mol. The maximum Gasteiger partial charge on any atom is 1.00 e. The van der Waals surface area contributed by atoms with Gasteiger partial charge in [0, 0.05) is 0 Å². The Labute approximate surface area is 134 Å². The monoisotopic (exact) mass is 288 g/mol. The second-order valence-corrected chi connectivity index (χ2v) is 5.73. The molecule has 0 saturated carbocycles. The molecule has 18 heavy (non-hydrogen) atoms. The smallest absolute Gasteiger partial charge is 0.726 e. The van der Waals surface area contributed by atoms with Crippen LogP contribution in [0, 0.1) is 5.92 Å². The first-order chi connectivity index (χ1) is 7.95. The second-order valence-electron chi connectivity index (χ2n) is 4.68. The molecule has 0 aliphatic rings. The molecule has 0 aromatic rings. The Hall–Kier alpha value is 0.870. The van der Waals surface area contributed by atoms with Gasteiger partial charge in [-0.2, -0.15) is 0 Å². The zero-order valence-electron chi connectivity index (χ0n) is 12.0. The van der Waals surface area contributed by atoms with Gasteiger partial charge in [-0.3, -0.25) is 4.18 Å². The van der Waals surface area contributed by atoms with Crippen LogP contribution in [0.25, 0.3) is 0 Å². The van der Waals surface area contributed by atoms with Crippen LogP contribution in [0.5, 0.6) is 0 Å². The number of hydrogen-bond donors (Lipinski definition) is 0. The van der Waals surface area contributed by atoms with Crippen molar-refractivity contribution in [3.8, 4) is 0 Å². The van der Waals surface area contributed by atoms with Gasteiger partial charge < -0.3 is 4.55 Å². The molecule has 1 atom stereocenters. The van der Waals surface area contributed by atoms with Crippen molar-refractivity contribution in [2.75, 3.05) is 6.61 Å². The Morgan fingerprint density at radius 2 is 1.61 bits per heavy atom. The molecule has 0 amide bonds. The Balaban J connectivity index is 0. The largest absolute Gasteiger partial charge is 1.00 e. The first-order valence-corrected chi connectivity index (χ1v) is 7.89. The first kappa shape index (κ1) is 21.2. The zero-order valence-corrected chi connectivity index (χ0v) is 14.8. The molecule has 0 radical (unpaired) electrons. The predicted molar refractivity (Wildman–Crippen MR) is 67.4 cm³/mol. The standard InChI is InChI=1S/C12H26O4S.Na/c1-3-4-5-6-9-12(2)10-7-8-11-16-17(13,14)15;/h12H,3-11H2,1-2H3,(H,13,14,15);/q;+1/p-1. The maximum atomic E-state index is 10.2. The van der Waals surface area contributed by atoms with Crippen molar-refractivity contribution in [3.63, 3.8) is 0 Å². The molecule has 1 unspecified atom stereocenters. The van der Waals surface area contributed by atoms with E-state index in [2.05, 4.69) is 18.0 Å². The fraction of sp³-hybridized carbons (Fsp3) is 1.00. The van der Waals surface area contributed by atoms with Crippen molar-refractivity contribution < 1.29 is 46.7 Å². The summed E-state index contributed by atoms with van der Waals surface area (Å²) in [5, 5.41) is 0. The minimum absolute atomic E-state index is 0. The SMILES string of the molecule is CCCCCCC(C)CCCCOS(=O)(=O)[O-].[Na+]. The van der Waals surface area contributed by atoms with E-state index in [1.807, 2.05) is 0 Å². The van der Waals surface area contributed by atoms with Crippen LogP contribution < -0.4 is 29.6 Å². The molecule has 0 aliphatic heterocycles. The van der Waals surface area contributed by atoms with E-state index in [9.17, 15) is 13.0 Å². The van der Waals surface area contributed by atoms with Crippen molar-refractivity contribution in [1.29, 1.82) is 0 Å². The number of hydrogen-bond acceptors (Lipinski definition) is 4. The molecule has 0 rings (SSSR count). The van der Waals surface area contributed by atoms with Gasteiger partial charge in [-0.25, -0.2) is 8.42 Å². The van der Waals surface area contributed by atoms with Gasteiger partial charge in [0.25, 0.3) is 0 Å². The van der Waals surface area contributed by atoms with Crippen molar-refractivity contribution in [1.82, 2.24) is 0 Å². The topological polar surface area (TPSA) is 66.4 Å². The molecular weight excluding hydrogens is 263 g/mol. The van der Waals surface area contributed by atoms with E-state index in [1.165, 1.54) is 32.1 Å². The summed E-state index contributed by atoms with van der Waals surface area (Å²) >= 11 is 0. The third-order valence-corrected chi connectivity index (χ3v) is 3.32. The van der Waals surface area contributed by atoms with Crippen molar-refractivity contribution in [3.05, 3.63) is 0 Å². The molecule has 0 saturated heterocycles. The second kappa shape index (κ2) is 12.9. The summed E-state index contributed by atoms with van der Waals surface area (Å²) in [6, 6.07) is 0. The van der Waals surface area contributed by atoms with E-state index in [0.717, 1.165) is 12.8 Å². The fourth-order valence-corrected chi connectivity index (χ4v) is 2.14. The average Bonchev–Trinajstić information content (AvgIpc) is 2.22. The Morgan fingerprint density at radius 3 is 2.11 bits per heavy atom. The van der Waals surface area contributed by atoms with Crippen LogP contribution in [0.2, 0.25) is 0 Å². The molecule has 0 aromatic heterocycles. The summed E-state index contributed by atoms with van der Waals surface area (Å²) < 4.78 is 34.6. The van der Waals surface area contributed by atoms with Gasteiger partial charge in [0.15, 0.2) is 0 Å². The van der Waals surface area contributed by atoms with E-state index in [-0.39, 0.29) is 36.2 Å². The molecule has 0 aromatic carbocycles. The summed E-state index contributed by atoms with van der Waals surface area (Å²) in [7, 11) is -4.50. The van der Waals surface area contributed by atoms with E-state index >= 15 is 0 Å². The normalized spacial score (nSPS) is 13.1. The molecule has 0 heterocycles.